The topological polar surface area (TPSA) is 29.6 Å². The summed E-state index contributed by atoms with van der Waals surface area (Å²) in [4.78, 5) is 10.4. The van der Waals surface area contributed by atoms with E-state index in [0.29, 0.717) is 5.92 Å². The Labute approximate surface area is 54.2 Å². The van der Waals surface area contributed by atoms with E-state index >= 15 is 0 Å². The highest BCUT2D eigenvalue weighted by atomic mass is 16.6. The summed E-state index contributed by atoms with van der Waals surface area (Å²) in [6.45, 7) is 0. The van der Waals surface area contributed by atoms with Crippen molar-refractivity contribution >= 4 is 5.97 Å². The van der Waals surface area contributed by atoms with E-state index in [2.05, 4.69) is 4.74 Å². The first-order valence-corrected chi connectivity index (χ1v) is 3.47. The number of hydrogen-bond acceptors (Lipinski definition) is 2. The van der Waals surface area contributed by atoms with Crippen molar-refractivity contribution in [1.82, 2.24) is 0 Å². The Morgan fingerprint density at radius 1 is 1.33 bits per heavy atom. The minimum atomic E-state index is -0.0538. The molecule has 0 unspecified atom stereocenters. The van der Waals surface area contributed by atoms with E-state index in [4.69, 9.17) is 0 Å². The lowest BCUT2D eigenvalue weighted by atomic mass is 10.1. The van der Waals surface area contributed by atoms with Gasteiger partial charge in [-0.05, 0) is 12.8 Å². The van der Waals surface area contributed by atoms with Crippen molar-refractivity contribution in [1.29, 1.82) is 0 Å². The van der Waals surface area contributed by atoms with Crippen LogP contribution in [-0.4, -0.2) is 5.97 Å². The van der Waals surface area contributed by atoms with Gasteiger partial charge in [0.2, 0.25) is 0 Å². The third-order valence-corrected chi connectivity index (χ3v) is 2.09. The number of cyclic esters (lactones) is 1. The number of carbonyl (C=O) groups is 1. The molecular formula is C7H9O2. The Balaban J connectivity index is 1.91. The van der Waals surface area contributed by atoms with Crippen LogP contribution in [0.15, 0.2) is 0 Å². The molecule has 1 heterocycles. The van der Waals surface area contributed by atoms with Crippen LogP contribution in [0.1, 0.15) is 25.7 Å². The molecule has 0 aromatic rings. The van der Waals surface area contributed by atoms with Crippen molar-refractivity contribution in [2.75, 3.05) is 0 Å². The van der Waals surface area contributed by atoms with E-state index < -0.39 is 0 Å². The van der Waals surface area contributed by atoms with Crippen molar-refractivity contribution in [3.8, 4) is 0 Å². The van der Waals surface area contributed by atoms with Gasteiger partial charge in [0.1, 0.15) is 0 Å². The molecule has 0 bridgehead atoms. The van der Waals surface area contributed by atoms with Gasteiger partial charge in [0.25, 0.3) is 6.10 Å². The fourth-order valence-corrected chi connectivity index (χ4v) is 1.51. The van der Waals surface area contributed by atoms with Crippen LogP contribution in [0.5, 0.6) is 0 Å². The molecule has 1 radical (unpaired) electrons. The quantitative estimate of drug-likeness (QED) is 0.494. The molecule has 0 spiro atoms. The van der Waals surface area contributed by atoms with Gasteiger partial charge in [-0.1, -0.05) is 12.8 Å². The summed E-state index contributed by atoms with van der Waals surface area (Å²) in [5.41, 5.74) is 0. The maximum atomic E-state index is 10.4. The maximum absolute atomic E-state index is 10.4. The number of carbonyl (C=O) groups excluding carboxylic acids is 1. The minimum Gasteiger partial charge on any atom is -0.438 e. The minimum absolute atomic E-state index is 0.0538. The highest BCUT2D eigenvalue weighted by molar-refractivity contribution is 5.97. The molecule has 2 nitrogen and oxygen atoms in total. The summed E-state index contributed by atoms with van der Waals surface area (Å²) in [5.74, 6) is 0.444. The maximum Gasteiger partial charge on any atom is 0.357 e. The number of rotatable bonds is 1. The lowest BCUT2D eigenvalue weighted by molar-refractivity contribution is -0.117. The highest BCUT2D eigenvalue weighted by Crippen LogP contribution is 2.41. The van der Waals surface area contributed by atoms with E-state index in [1.54, 1.807) is 0 Å². The molecule has 2 rings (SSSR count). The van der Waals surface area contributed by atoms with Crippen LogP contribution < -0.4 is 0 Å². The van der Waals surface area contributed by atoms with Gasteiger partial charge in [0.15, 0.2) is 0 Å². The van der Waals surface area contributed by atoms with Crippen molar-refractivity contribution in [3.63, 3.8) is 0 Å². The largest absolute Gasteiger partial charge is 0.438 e. The monoisotopic (exact) mass is 125 g/mol. The standard InChI is InChI=1S/C7H9O2/c8-7-6(9-7)5-3-1-2-4-5/h5H,1-4H2. The molecule has 0 aromatic carbocycles. The van der Waals surface area contributed by atoms with E-state index in [-0.39, 0.29) is 5.97 Å². The van der Waals surface area contributed by atoms with Crippen LogP contribution in [0.3, 0.4) is 0 Å². The van der Waals surface area contributed by atoms with E-state index in [0.717, 1.165) is 6.10 Å². The van der Waals surface area contributed by atoms with E-state index in [1.807, 2.05) is 0 Å². The molecule has 2 aliphatic rings. The summed E-state index contributed by atoms with van der Waals surface area (Å²) in [6.07, 6.45) is 5.63. The molecule has 9 heavy (non-hydrogen) atoms. The molecule has 2 heteroatoms. The first-order chi connectivity index (χ1) is 4.38. The lowest BCUT2D eigenvalue weighted by Crippen LogP contribution is -1.94. The zero-order valence-electron chi connectivity index (χ0n) is 5.22. The van der Waals surface area contributed by atoms with Crippen LogP contribution in [0.25, 0.3) is 0 Å². The molecule has 49 valence electrons. The van der Waals surface area contributed by atoms with Crippen molar-refractivity contribution in [2.45, 2.75) is 25.7 Å². The number of epoxide rings is 1. The van der Waals surface area contributed by atoms with E-state index in [9.17, 15) is 4.79 Å². The fraction of sp³-hybridized carbons (Fsp3) is 0.714. The average molecular weight is 125 g/mol. The average Bonchev–Trinajstić information content (AvgIpc) is 2.44. The normalized spacial score (nSPS) is 28.7. The van der Waals surface area contributed by atoms with Gasteiger partial charge >= 0.3 is 5.97 Å². The Bertz CT molecular complexity index is 136. The molecule has 0 aromatic heterocycles. The van der Waals surface area contributed by atoms with Crippen LogP contribution >= 0.6 is 0 Å². The van der Waals surface area contributed by atoms with Crippen molar-refractivity contribution in [2.24, 2.45) is 5.92 Å². The predicted molar refractivity (Wildman–Crippen MR) is 31.3 cm³/mol. The van der Waals surface area contributed by atoms with Crippen LogP contribution in [0, 0.1) is 12.0 Å². The van der Waals surface area contributed by atoms with Gasteiger partial charge in [-0.2, -0.15) is 0 Å². The second-order valence-corrected chi connectivity index (χ2v) is 2.74. The van der Waals surface area contributed by atoms with Crippen LogP contribution in [-0.2, 0) is 9.53 Å². The summed E-state index contributed by atoms with van der Waals surface area (Å²) < 4.78 is 4.68. The fourth-order valence-electron chi connectivity index (χ4n) is 1.51. The van der Waals surface area contributed by atoms with Crippen molar-refractivity contribution in [3.05, 3.63) is 6.10 Å². The molecular weight excluding hydrogens is 116 g/mol. The zero-order chi connectivity index (χ0) is 6.27. The molecule has 0 N–H and O–H groups in total. The second-order valence-electron chi connectivity index (χ2n) is 2.74. The number of hydrogen-bond donors (Lipinski definition) is 0. The van der Waals surface area contributed by atoms with E-state index in [1.165, 1.54) is 25.7 Å². The second kappa shape index (κ2) is 1.72. The highest BCUT2D eigenvalue weighted by Gasteiger charge is 2.47. The van der Waals surface area contributed by atoms with Gasteiger partial charge < -0.3 is 4.74 Å². The van der Waals surface area contributed by atoms with Gasteiger partial charge in [0.05, 0.1) is 0 Å². The molecule has 1 saturated heterocycles. The summed E-state index contributed by atoms with van der Waals surface area (Å²) >= 11 is 0. The Hall–Kier alpha value is -0.530. The Kier molecular flexibility index (Phi) is 1.01. The first-order valence-electron chi connectivity index (χ1n) is 3.47. The third-order valence-electron chi connectivity index (χ3n) is 2.09. The molecule has 1 saturated carbocycles. The summed E-state index contributed by atoms with van der Waals surface area (Å²) in [5, 5.41) is 0. The summed E-state index contributed by atoms with van der Waals surface area (Å²) in [6, 6.07) is 0. The van der Waals surface area contributed by atoms with Crippen LogP contribution in [0.2, 0.25) is 0 Å². The van der Waals surface area contributed by atoms with Crippen LogP contribution in [0.4, 0.5) is 0 Å². The summed E-state index contributed by atoms with van der Waals surface area (Å²) in [7, 11) is 0. The first kappa shape index (κ1) is 5.27. The smallest absolute Gasteiger partial charge is 0.357 e. The molecule has 1 aliphatic heterocycles. The molecule has 1 aliphatic carbocycles. The van der Waals surface area contributed by atoms with Gasteiger partial charge in [0, 0.05) is 5.92 Å². The Morgan fingerprint density at radius 2 is 1.89 bits per heavy atom. The van der Waals surface area contributed by atoms with Gasteiger partial charge in [-0.25, -0.2) is 4.79 Å². The third kappa shape index (κ3) is 0.824. The molecule has 2 fully saturated rings. The predicted octanol–water partition coefficient (Wildman–Crippen LogP) is 1.27. The van der Waals surface area contributed by atoms with Gasteiger partial charge in [-0.15, -0.1) is 0 Å². The lowest BCUT2D eigenvalue weighted by Gasteiger charge is -1.95. The van der Waals surface area contributed by atoms with Gasteiger partial charge in [-0.3, -0.25) is 0 Å². The molecule has 0 atom stereocenters. The Morgan fingerprint density at radius 3 is 2.33 bits per heavy atom. The SMILES string of the molecule is O=C1O[C]1C1CCCC1. The number of ether oxygens (including phenoxy) is 1. The molecule has 0 amide bonds. The van der Waals surface area contributed by atoms with Crippen molar-refractivity contribution < 1.29 is 9.53 Å². The zero-order valence-corrected chi connectivity index (χ0v) is 5.22.